The molecule has 0 bridgehead atoms. The molecule has 24 heavy (non-hydrogen) atoms. The highest BCUT2D eigenvalue weighted by Crippen LogP contribution is 2.24. The molecule has 2 rings (SSSR count). The van der Waals surface area contributed by atoms with Crippen LogP contribution >= 0.6 is 0 Å². The predicted molar refractivity (Wildman–Crippen MR) is 88.6 cm³/mol. The summed E-state index contributed by atoms with van der Waals surface area (Å²) in [5, 5.41) is 20.2. The topological polar surface area (TPSA) is 120 Å². The number of carbonyl (C=O) groups is 3. The van der Waals surface area contributed by atoms with Crippen LogP contribution in [0.3, 0.4) is 0 Å². The van der Waals surface area contributed by atoms with Gasteiger partial charge >= 0.3 is 12.0 Å². The Bertz CT molecular complexity index is 451. The summed E-state index contributed by atoms with van der Waals surface area (Å²) < 4.78 is 0. The zero-order valence-corrected chi connectivity index (χ0v) is 14.0. The molecule has 1 saturated heterocycles. The summed E-state index contributed by atoms with van der Waals surface area (Å²) in [6.07, 6.45) is 6.44. The van der Waals surface area contributed by atoms with E-state index in [1.165, 1.54) is 12.8 Å². The van der Waals surface area contributed by atoms with Crippen LogP contribution in [-0.2, 0) is 9.59 Å². The SMILES string of the molecule is O=C(O)CNC(=O)C1CCCC(NC(=O)NCC2CCCCN2)C1. The van der Waals surface area contributed by atoms with Gasteiger partial charge in [-0.25, -0.2) is 4.79 Å². The van der Waals surface area contributed by atoms with Crippen LogP contribution < -0.4 is 21.3 Å². The molecule has 1 aliphatic carbocycles. The van der Waals surface area contributed by atoms with Gasteiger partial charge in [0.2, 0.25) is 5.91 Å². The van der Waals surface area contributed by atoms with E-state index in [9.17, 15) is 14.4 Å². The highest BCUT2D eigenvalue weighted by atomic mass is 16.4. The molecule has 0 aromatic heterocycles. The van der Waals surface area contributed by atoms with Gasteiger partial charge in [0.1, 0.15) is 6.54 Å². The van der Waals surface area contributed by atoms with Gasteiger partial charge in [-0.2, -0.15) is 0 Å². The van der Waals surface area contributed by atoms with Crippen LogP contribution in [0.15, 0.2) is 0 Å². The average Bonchev–Trinajstić information content (AvgIpc) is 2.59. The normalized spacial score (nSPS) is 27.1. The summed E-state index contributed by atoms with van der Waals surface area (Å²) >= 11 is 0. The van der Waals surface area contributed by atoms with Crippen molar-refractivity contribution < 1.29 is 19.5 Å². The molecule has 0 spiro atoms. The molecule has 1 saturated carbocycles. The Labute approximate surface area is 142 Å². The van der Waals surface area contributed by atoms with E-state index in [2.05, 4.69) is 21.3 Å². The third-order valence-corrected chi connectivity index (χ3v) is 4.72. The maximum atomic E-state index is 12.0. The second kappa shape index (κ2) is 9.46. The standard InChI is InChI=1S/C16H28N4O4/c21-14(22)10-18-15(23)11-4-3-6-12(8-11)20-16(24)19-9-13-5-1-2-7-17-13/h11-13,17H,1-10H2,(H,18,23)(H,21,22)(H2,19,20,24). The lowest BCUT2D eigenvalue weighted by atomic mass is 9.85. The summed E-state index contributed by atoms with van der Waals surface area (Å²) in [6, 6.07) is 0.100. The first kappa shape index (κ1) is 18.5. The van der Waals surface area contributed by atoms with Crippen molar-refractivity contribution in [2.45, 2.75) is 57.0 Å². The number of hydrogen-bond donors (Lipinski definition) is 5. The van der Waals surface area contributed by atoms with E-state index in [-0.39, 0.29) is 30.4 Å². The van der Waals surface area contributed by atoms with Gasteiger partial charge < -0.3 is 26.4 Å². The summed E-state index contributed by atoms with van der Waals surface area (Å²) in [5.74, 6) is -1.52. The quantitative estimate of drug-likeness (QED) is 0.473. The number of piperidine rings is 1. The van der Waals surface area contributed by atoms with E-state index in [0.29, 0.717) is 19.0 Å². The van der Waals surface area contributed by atoms with Crippen LogP contribution in [0.25, 0.3) is 0 Å². The van der Waals surface area contributed by atoms with Crippen molar-refractivity contribution in [1.29, 1.82) is 0 Å². The van der Waals surface area contributed by atoms with Gasteiger partial charge in [-0.1, -0.05) is 12.8 Å². The monoisotopic (exact) mass is 340 g/mol. The largest absolute Gasteiger partial charge is 0.480 e. The van der Waals surface area contributed by atoms with Gasteiger partial charge in [-0.3, -0.25) is 9.59 Å². The Balaban J connectivity index is 1.68. The molecular weight excluding hydrogens is 312 g/mol. The number of amides is 3. The summed E-state index contributed by atoms with van der Waals surface area (Å²) in [6.45, 7) is 1.26. The van der Waals surface area contributed by atoms with Gasteiger partial charge in [-0.15, -0.1) is 0 Å². The van der Waals surface area contributed by atoms with Crippen molar-refractivity contribution in [2.75, 3.05) is 19.6 Å². The van der Waals surface area contributed by atoms with E-state index in [1.807, 2.05) is 0 Å². The molecule has 2 fully saturated rings. The molecule has 1 aliphatic heterocycles. The number of urea groups is 1. The molecular formula is C16H28N4O4. The number of carboxylic acid groups (broad SMARTS) is 1. The molecule has 5 N–H and O–H groups in total. The summed E-state index contributed by atoms with van der Waals surface area (Å²) in [7, 11) is 0. The van der Waals surface area contributed by atoms with Crippen LogP contribution in [0.4, 0.5) is 4.79 Å². The predicted octanol–water partition coefficient (Wildman–Crippen LogP) is 0.187. The zero-order valence-electron chi connectivity index (χ0n) is 14.0. The van der Waals surface area contributed by atoms with Crippen LogP contribution in [0.2, 0.25) is 0 Å². The van der Waals surface area contributed by atoms with Gasteiger partial charge in [0.15, 0.2) is 0 Å². The van der Waals surface area contributed by atoms with E-state index in [0.717, 1.165) is 32.2 Å². The fraction of sp³-hybridized carbons (Fsp3) is 0.812. The number of nitrogens with one attached hydrogen (secondary N) is 4. The van der Waals surface area contributed by atoms with Gasteiger partial charge in [0.05, 0.1) is 0 Å². The lowest BCUT2D eigenvalue weighted by molar-refractivity contribution is -0.138. The number of rotatable bonds is 6. The summed E-state index contributed by atoms with van der Waals surface area (Å²) in [4.78, 5) is 34.5. The first-order chi connectivity index (χ1) is 11.5. The van der Waals surface area contributed by atoms with Gasteiger partial charge in [0.25, 0.3) is 0 Å². The molecule has 0 aromatic rings. The van der Waals surface area contributed by atoms with E-state index < -0.39 is 5.97 Å². The molecule has 0 aromatic carbocycles. The van der Waals surface area contributed by atoms with Gasteiger partial charge in [-0.05, 0) is 38.6 Å². The fourth-order valence-electron chi connectivity index (χ4n) is 3.42. The minimum atomic E-state index is -1.05. The van der Waals surface area contributed by atoms with Crippen molar-refractivity contribution >= 4 is 17.9 Å². The highest BCUT2D eigenvalue weighted by Gasteiger charge is 2.28. The van der Waals surface area contributed by atoms with E-state index in [1.54, 1.807) is 0 Å². The highest BCUT2D eigenvalue weighted by molar-refractivity contribution is 5.83. The minimum absolute atomic E-state index is 0.0429. The Morgan fingerprint density at radius 1 is 1.04 bits per heavy atom. The van der Waals surface area contributed by atoms with Crippen LogP contribution in [0.5, 0.6) is 0 Å². The molecule has 3 amide bonds. The molecule has 8 nitrogen and oxygen atoms in total. The molecule has 1 heterocycles. The maximum Gasteiger partial charge on any atom is 0.322 e. The Hall–Kier alpha value is -1.83. The van der Waals surface area contributed by atoms with Crippen molar-refractivity contribution in [1.82, 2.24) is 21.3 Å². The van der Waals surface area contributed by atoms with Crippen LogP contribution in [-0.4, -0.2) is 54.7 Å². The Kier molecular flexibility index (Phi) is 7.30. The minimum Gasteiger partial charge on any atom is -0.480 e. The fourth-order valence-corrected chi connectivity index (χ4v) is 3.42. The lowest BCUT2D eigenvalue weighted by Gasteiger charge is -2.29. The third-order valence-electron chi connectivity index (χ3n) is 4.72. The molecule has 136 valence electrons. The van der Waals surface area contributed by atoms with Crippen LogP contribution in [0.1, 0.15) is 44.9 Å². The summed E-state index contributed by atoms with van der Waals surface area (Å²) in [5.41, 5.74) is 0. The molecule has 0 radical (unpaired) electrons. The number of hydrogen-bond acceptors (Lipinski definition) is 4. The zero-order chi connectivity index (χ0) is 17.4. The first-order valence-electron chi connectivity index (χ1n) is 8.82. The second-order valence-electron chi connectivity index (χ2n) is 6.67. The molecule has 2 aliphatic rings. The van der Waals surface area contributed by atoms with Crippen LogP contribution in [0, 0.1) is 5.92 Å². The van der Waals surface area contributed by atoms with Crippen molar-refractivity contribution in [2.24, 2.45) is 5.92 Å². The van der Waals surface area contributed by atoms with E-state index >= 15 is 0 Å². The van der Waals surface area contributed by atoms with Gasteiger partial charge in [0, 0.05) is 24.5 Å². The Morgan fingerprint density at radius 3 is 2.58 bits per heavy atom. The number of carbonyl (C=O) groups excluding carboxylic acids is 2. The lowest BCUT2D eigenvalue weighted by Crippen LogP contribution is -2.50. The number of aliphatic carboxylic acids is 1. The third kappa shape index (κ3) is 6.35. The maximum absolute atomic E-state index is 12.0. The Morgan fingerprint density at radius 2 is 1.88 bits per heavy atom. The second-order valence-corrected chi connectivity index (χ2v) is 6.67. The smallest absolute Gasteiger partial charge is 0.322 e. The van der Waals surface area contributed by atoms with Crippen molar-refractivity contribution in [3.63, 3.8) is 0 Å². The average molecular weight is 340 g/mol. The van der Waals surface area contributed by atoms with Crippen molar-refractivity contribution in [3.8, 4) is 0 Å². The first-order valence-corrected chi connectivity index (χ1v) is 8.82. The molecule has 3 atom stereocenters. The number of carboxylic acids is 1. The molecule has 3 unspecified atom stereocenters. The van der Waals surface area contributed by atoms with E-state index in [4.69, 9.17) is 5.11 Å². The van der Waals surface area contributed by atoms with Crippen molar-refractivity contribution in [3.05, 3.63) is 0 Å². The molecule has 8 heteroatoms.